The van der Waals surface area contributed by atoms with Gasteiger partial charge in [0, 0.05) is 48.3 Å². The van der Waals surface area contributed by atoms with Crippen molar-refractivity contribution < 1.29 is 27.5 Å². The van der Waals surface area contributed by atoms with Gasteiger partial charge in [0.05, 0.1) is 21.2 Å². The topological polar surface area (TPSA) is 76.5 Å². The first-order chi connectivity index (χ1) is 20.5. The molecule has 2 aromatic heterocycles. The van der Waals surface area contributed by atoms with Gasteiger partial charge in [0.2, 0.25) is 0 Å². The highest BCUT2D eigenvalue weighted by atomic mass is 35.5. The molecule has 1 fully saturated rings. The van der Waals surface area contributed by atoms with E-state index in [1.54, 1.807) is 30.3 Å². The molecule has 2 amide bonds. The zero-order valence-corrected chi connectivity index (χ0v) is 24.6. The van der Waals surface area contributed by atoms with Gasteiger partial charge in [0.25, 0.3) is 17.7 Å². The number of benzene rings is 2. The summed E-state index contributed by atoms with van der Waals surface area (Å²) in [6.45, 7) is 3.00. The maximum absolute atomic E-state index is 15.4. The van der Waals surface area contributed by atoms with Crippen molar-refractivity contribution in [3.8, 4) is 5.69 Å². The summed E-state index contributed by atoms with van der Waals surface area (Å²) in [6, 6.07) is 11.2. The van der Waals surface area contributed by atoms with Gasteiger partial charge in [0.15, 0.2) is 0 Å². The van der Waals surface area contributed by atoms with Crippen molar-refractivity contribution in [1.82, 2.24) is 20.0 Å². The van der Waals surface area contributed by atoms with Crippen LogP contribution >= 0.6 is 22.9 Å². The minimum atomic E-state index is -3.05. The Hall–Kier alpha value is -3.51. The second-order valence-electron chi connectivity index (χ2n) is 11.3. The number of carbonyl (C=O) groups excluding carboxylic acids is 2. The lowest BCUT2D eigenvalue weighted by Gasteiger charge is -2.45. The van der Waals surface area contributed by atoms with Crippen molar-refractivity contribution in [2.45, 2.75) is 44.3 Å². The molecule has 0 saturated carbocycles. The first kappa shape index (κ1) is 28.3. The Bertz CT molecular complexity index is 1790. The molecular formula is C31H26ClF3N4O3S. The van der Waals surface area contributed by atoms with Gasteiger partial charge in [-0.2, -0.15) is 13.9 Å². The first-order valence-corrected chi connectivity index (χ1v) is 15.1. The van der Waals surface area contributed by atoms with Crippen molar-refractivity contribution in [3.05, 3.63) is 103 Å². The number of aromatic nitrogens is 2. The molecule has 3 aliphatic rings. The van der Waals surface area contributed by atoms with Crippen LogP contribution in [0.4, 0.5) is 13.2 Å². The average Bonchev–Trinajstić information content (AvgIpc) is 3.64. The van der Waals surface area contributed by atoms with E-state index in [0.717, 1.165) is 11.3 Å². The molecule has 0 atom stereocenters. The van der Waals surface area contributed by atoms with Gasteiger partial charge in [-0.15, -0.1) is 11.3 Å². The van der Waals surface area contributed by atoms with Gasteiger partial charge in [-0.05, 0) is 49.1 Å². The Morgan fingerprint density at radius 2 is 1.81 bits per heavy atom. The van der Waals surface area contributed by atoms with Gasteiger partial charge in [-0.1, -0.05) is 35.9 Å². The molecule has 3 aliphatic heterocycles. The summed E-state index contributed by atoms with van der Waals surface area (Å²) < 4.78 is 52.1. The van der Waals surface area contributed by atoms with Gasteiger partial charge in [-0.3, -0.25) is 19.8 Å². The summed E-state index contributed by atoms with van der Waals surface area (Å²) in [4.78, 5) is 27.3. The highest BCUT2D eigenvalue weighted by Crippen LogP contribution is 2.52. The Morgan fingerprint density at radius 1 is 1.07 bits per heavy atom. The number of halogens is 4. The Morgan fingerprint density at radius 3 is 2.60 bits per heavy atom. The minimum absolute atomic E-state index is 0.0206. The number of nitrogens with zero attached hydrogens (tertiary/aromatic N) is 3. The van der Waals surface area contributed by atoms with Crippen molar-refractivity contribution in [3.63, 3.8) is 0 Å². The van der Waals surface area contributed by atoms with Crippen LogP contribution in [0.25, 0.3) is 5.69 Å². The molecule has 0 unspecified atom stereocenters. The van der Waals surface area contributed by atoms with E-state index in [9.17, 15) is 18.4 Å². The van der Waals surface area contributed by atoms with Crippen LogP contribution in [0.15, 0.2) is 48.7 Å². The molecule has 222 valence electrons. The van der Waals surface area contributed by atoms with E-state index in [0.29, 0.717) is 63.9 Å². The fourth-order valence-corrected chi connectivity index (χ4v) is 7.88. The molecular weight excluding hydrogens is 601 g/mol. The number of aryl methyl sites for hydroxylation is 1. The molecule has 12 heteroatoms. The zero-order chi connectivity index (χ0) is 30.1. The summed E-state index contributed by atoms with van der Waals surface area (Å²) in [5.41, 5.74) is 2.99. The molecule has 1 spiro atoms. The van der Waals surface area contributed by atoms with E-state index in [-0.39, 0.29) is 17.7 Å². The minimum Gasteiger partial charge on any atom is -0.363 e. The number of amides is 2. The number of imide groups is 1. The number of hydrogen-bond donors (Lipinski definition) is 1. The number of likely N-dealkylation sites (tertiary alicyclic amines) is 1. The highest BCUT2D eigenvalue weighted by molar-refractivity contribution is 7.16. The Kier molecular flexibility index (Phi) is 6.77. The molecule has 1 saturated heterocycles. The van der Waals surface area contributed by atoms with Gasteiger partial charge in [-0.25, -0.2) is 9.07 Å². The van der Waals surface area contributed by atoms with E-state index < -0.39 is 35.8 Å². The number of fused-ring (bicyclic) bond motifs is 3. The second kappa shape index (κ2) is 10.3. The van der Waals surface area contributed by atoms with Crippen molar-refractivity contribution in [2.24, 2.45) is 0 Å². The van der Waals surface area contributed by atoms with E-state index >= 15 is 4.39 Å². The zero-order valence-electron chi connectivity index (χ0n) is 23.1. The number of hydrogen-bond acceptors (Lipinski definition) is 6. The summed E-state index contributed by atoms with van der Waals surface area (Å²) in [5.74, 6) is -4.41. The predicted octanol–water partition coefficient (Wildman–Crippen LogP) is 6.12. The van der Waals surface area contributed by atoms with Crippen molar-refractivity contribution in [1.29, 1.82) is 0 Å². The average molecular weight is 627 g/mol. The number of ether oxygens (including phenoxy) is 1. The lowest BCUT2D eigenvalue weighted by Crippen LogP contribution is -2.48. The van der Waals surface area contributed by atoms with Crippen LogP contribution in [0.3, 0.4) is 0 Å². The number of thiophene rings is 1. The molecule has 0 radical (unpaired) electrons. The molecule has 7 nitrogen and oxygen atoms in total. The fourth-order valence-electron chi connectivity index (χ4n) is 6.40. The summed E-state index contributed by atoms with van der Waals surface area (Å²) >= 11 is 7.31. The lowest BCUT2D eigenvalue weighted by atomic mass is 9.84. The van der Waals surface area contributed by atoms with Gasteiger partial charge < -0.3 is 4.74 Å². The van der Waals surface area contributed by atoms with E-state index in [2.05, 4.69) is 15.3 Å². The largest absolute Gasteiger partial charge is 0.363 e. The molecule has 1 N–H and O–H groups in total. The monoisotopic (exact) mass is 626 g/mol. The highest BCUT2D eigenvalue weighted by Gasteiger charge is 2.51. The number of nitrogens with one attached hydrogen (secondary N) is 1. The first-order valence-electron chi connectivity index (χ1n) is 13.9. The molecule has 5 heterocycles. The maximum Gasteiger partial charge on any atom is 0.297 e. The smallest absolute Gasteiger partial charge is 0.297 e. The van der Waals surface area contributed by atoms with Crippen LogP contribution in [0, 0.1) is 12.7 Å². The molecule has 0 aliphatic carbocycles. The van der Waals surface area contributed by atoms with Crippen molar-refractivity contribution >= 4 is 34.8 Å². The Labute approximate surface area is 254 Å². The summed E-state index contributed by atoms with van der Waals surface area (Å²) in [5, 5.41) is 6.96. The van der Waals surface area contributed by atoms with Crippen LogP contribution in [0.1, 0.15) is 66.4 Å². The van der Waals surface area contributed by atoms with Gasteiger partial charge in [0.1, 0.15) is 23.7 Å². The maximum atomic E-state index is 15.4. The number of piperidine rings is 1. The van der Waals surface area contributed by atoms with E-state index in [4.69, 9.17) is 16.3 Å². The third kappa shape index (κ3) is 4.79. The standard InChI is InChI=1S/C31H26ClF3N4O3S/c1-17-20(14-38-10-8-30(9-11-38)27-22(13-24(32)43-27)31(34,35)16-42-30)15-39(37-17)26-19(5-3-7-23(26)33)12-18-4-2-6-21-25(18)29(41)36-28(21)40/h2-7,13,15H,8-12,14,16H2,1H3,(H,36,40,41). The van der Waals surface area contributed by atoms with Crippen LogP contribution in [0.5, 0.6) is 0 Å². The Balaban J connectivity index is 1.12. The van der Waals surface area contributed by atoms with Crippen LogP contribution in [-0.2, 0) is 29.2 Å². The molecule has 2 aromatic carbocycles. The van der Waals surface area contributed by atoms with E-state index in [1.165, 1.54) is 28.2 Å². The molecule has 43 heavy (non-hydrogen) atoms. The molecule has 0 bridgehead atoms. The quantitative estimate of drug-likeness (QED) is 0.270. The molecule has 4 aromatic rings. The number of para-hydroxylation sites is 1. The van der Waals surface area contributed by atoms with Crippen LogP contribution in [-0.4, -0.2) is 46.2 Å². The summed E-state index contributed by atoms with van der Waals surface area (Å²) in [7, 11) is 0. The van der Waals surface area contributed by atoms with Crippen LogP contribution in [0.2, 0.25) is 4.34 Å². The normalized spacial score (nSPS) is 19.0. The van der Waals surface area contributed by atoms with Crippen LogP contribution < -0.4 is 5.32 Å². The number of alkyl halides is 2. The van der Waals surface area contributed by atoms with E-state index in [1.807, 2.05) is 13.1 Å². The fraction of sp³-hybridized carbons (Fsp3) is 0.323. The number of rotatable bonds is 5. The second-order valence-corrected chi connectivity index (χ2v) is 13.0. The SMILES string of the molecule is Cc1nn(-c2c(F)cccc2Cc2cccc3c2C(=O)NC3=O)cc1CN1CCC2(CC1)OCC(F)(F)c1cc(Cl)sc12. The third-order valence-corrected chi connectivity index (χ3v) is 10.1. The van der Waals surface area contributed by atoms with Gasteiger partial charge >= 0.3 is 0 Å². The third-order valence-electron chi connectivity index (χ3n) is 8.63. The summed E-state index contributed by atoms with van der Waals surface area (Å²) in [6.07, 6.45) is 3.14. The van der Waals surface area contributed by atoms with Crippen molar-refractivity contribution in [2.75, 3.05) is 19.7 Å². The lowest BCUT2D eigenvalue weighted by molar-refractivity contribution is -0.182. The predicted molar refractivity (Wildman–Crippen MR) is 155 cm³/mol. The molecule has 7 rings (SSSR count). The number of carbonyl (C=O) groups is 2.